The van der Waals surface area contributed by atoms with Gasteiger partial charge in [0.15, 0.2) is 0 Å². The van der Waals surface area contributed by atoms with Gasteiger partial charge in [0.25, 0.3) is 0 Å². The zero-order valence-corrected chi connectivity index (χ0v) is 13.6. The minimum atomic E-state index is 0.597. The molecule has 18 heavy (non-hydrogen) atoms. The van der Waals surface area contributed by atoms with E-state index in [0.29, 0.717) is 13.2 Å². The smallest absolute Gasteiger partial charge is 0.122 e. The van der Waals surface area contributed by atoms with Gasteiger partial charge >= 0.3 is 0 Å². The summed E-state index contributed by atoms with van der Waals surface area (Å²) < 4.78 is 7.98. The van der Waals surface area contributed by atoms with Crippen molar-refractivity contribution in [3.63, 3.8) is 0 Å². The quantitative estimate of drug-likeness (QED) is 0.823. The molecule has 2 rings (SSSR count). The topological polar surface area (TPSA) is 35.2 Å². The van der Waals surface area contributed by atoms with Gasteiger partial charge in [-0.05, 0) is 64.8 Å². The van der Waals surface area contributed by atoms with Crippen molar-refractivity contribution in [1.29, 1.82) is 0 Å². The van der Waals surface area contributed by atoms with Crippen LogP contribution in [0.3, 0.4) is 0 Å². The minimum absolute atomic E-state index is 0.597. The predicted octanol–water partition coefficient (Wildman–Crippen LogP) is 4.35. The first-order chi connectivity index (χ1) is 8.69. The summed E-state index contributed by atoms with van der Waals surface area (Å²) in [5.74, 6) is 0.881. The van der Waals surface area contributed by atoms with Crippen molar-refractivity contribution in [2.45, 2.75) is 13.0 Å². The number of rotatable bonds is 5. The van der Waals surface area contributed by atoms with Crippen LogP contribution in [0.4, 0.5) is 0 Å². The Morgan fingerprint density at radius 1 is 1.17 bits per heavy atom. The molecule has 0 bridgehead atoms. The summed E-state index contributed by atoms with van der Waals surface area (Å²) in [7, 11) is 0. The lowest BCUT2D eigenvalue weighted by Gasteiger charge is -2.08. The molecule has 0 radical (unpaired) electrons. The zero-order valence-electron chi connectivity index (χ0n) is 9.66. The fourth-order valence-corrected chi connectivity index (χ4v) is 3.41. The lowest BCUT2D eigenvalue weighted by molar-refractivity contribution is 0.309. The summed E-state index contributed by atoms with van der Waals surface area (Å²) >= 11 is 8.65. The molecule has 0 saturated heterocycles. The first-order valence-corrected chi connectivity index (χ1v) is 7.95. The third kappa shape index (κ3) is 3.82. The Kier molecular flexibility index (Phi) is 5.24. The standard InChI is InChI=1S/C13H13Br2NOS/c14-12-3-1-10(7-9(12)5-6-16)17-8-11-2-4-13(15)18-11/h1-4,7H,5-6,8,16H2. The van der Waals surface area contributed by atoms with Gasteiger partial charge in [0.1, 0.15) is 12.4 Å². The summed E-state index contributed by atoms with van der Waals surface area (Å²) in [6.45, 7) is 1.24. The van der Waals surface area contributed by atoms with Crippen LogP contribution in [0.25, 0.3) is 0 Å². The van der Waals surface area contributed by atoms with Crippen molar-refractivity contribution >= 4 is 43.2 Å². The number of hydrogen-bond donors (Lipinski definition) is 1. The van der Waals surface area contributed by atoms with E-state index in [2.05, 4.69) is 37.9 Å². The highest BCUT2D eigenvalue weighted by Crippen LogP contribution is 2.26. The molecule has 1 heterocycles. The lowest BCUT2D eigenvalue weighted by Crippen LogP contribution is -2.03. The van der Waals surface area contributed by atoms with Crippen molar-refractivity contribution in [2.24, 2.45) is 5.73 Å². The van der Waals surface area contributed by atoms with E-state index in [1.807, 2.05) is 24.3 Å². The second kappa shape index (κ2) is 6.70. The molecule has 0 saturated carbocycles. The molecule has 0 atom stereocenters. The van der Waals surface area contributed by atoms with Crippen LogP contribution in [0, 0.1) is 0 Å². The van der Waals surface area contributed by atoms with Crippen molar-refractivity contribution in [1.82, 2.24) is 0 Å². The molecule has 0 aliphatic rings. The van der Waals surface area contributed by atoms with Crippen LogP contribution in [0.5, 0.6) is 5.75 Å². The van der Waals surface area contributed by atoms with Crippen molar-refractivity contribution in [2.75, 3.05) is 6.54 Å². The maximum absolute atomic E-state index is 5.78. The van der Waals surface area contributed by atoms with E-state index in [9.17, 15) is 0 Å². The van der Waals surface area contributed by atoms with Gasteiger partial charge in [0.2, 0.25) is 0 Å². The molecule has 2 N–H and O–H groups in total. The Bertz CT molecular complexity index is 527. The van der Waals surface area contributed by atoms with Crippen LogP contribution in [0.15, 0.2) is 38.6 Å². The Balaban J connectivity index is 2.03. The summed E-state index contributed by atoms with van der Waals surface area (Å²) in [6, 6.07) is 10.1. The molecule has 96 valence electrons. The Morgan fingerprint density at radius 2 is 2.00 bits per heavy atom. The maximum atomic E-state index is 5.78. The van der Waals surface area contributed by atoms with E-state index in [4.69, 9.17) is 10.5 Å². The molecule has 1 aromatic carbocycles. The number of ether oxygens (including phenoxy) is 1. The van der Waals surface area contributed by atoms with Crippen LogP contribution in [-0.4, -0.2) is 6.54 Å². The third-order valence-electron chi connectivity index (χ3n) is 2.44. The fourth-order valence-electron chi connectivity index (χ4n) is 1.57. The summed E-state index contributed by atoms with van der Waals surface area (Å²) in [6.07, 6.45) is 0.850. The van der Waals surface area contributed by atoms with E-state index < -0.39 is 0 Å². The minimum Gasteiger partial charge on any atom is -0.488 e. The van der Waals surface area contributed by atoms with Gasteiger partial charge in [-0.3, -0.25) is 0 Å². The lowest BCUT2D eigenvalue weighted by atomic mass is 10.1. The largest absolute Gasteiger partial charge is 0.488 e. The number of hydrogen-bond acceptors (Lipinski definition) is 3. The predicted molar refractivity (Wildman–Crippen MR) is 83.3 cm³/mol. The Morgan fingerprint density at radius 3 is 2.67 bits per heavy atom. The third-order valence-corrected chi connectivity index (χ3v) is 4.81. The van der Waals surface area contributed by atoms with Gasteiger partial charge in [-0.25, -0.2) is 0 Å². The van der Waals surface area contributed by atoms with Crippen LogP contribution in [0.1, 0.15) is 10.4 Å². The molecule has 2 aromatic rings. The first kappa shape index (κ1) is 14.1. The van der Waals surface area contributed by atoms with Gasteiger partial charge in [0.05, 0.1) is 3.79 Å². The van der Waals surface area contributed by atoms with Crippen LogP contribution in [-0.2, 0) is 13.0 Å². The molecule has 2 nitrogen and oxygen atoms in total. The summed E-state index contributed by atoms with van der Waals surface area (Å²) in [4.78, 5) is 1.20. The zero-order chi connectivity index (χ0) is 13.0. The average molecular weight is 391 g/mol. The van der Waals surface area contributed by atoms with Gasteiger partial charge in [-0.2, -0.15) is 0 Å². The highest BCUT2D eigenvalue weighted by molar-refractivity contribution is 9.11. The molecule has 0 fully saturated rings. The number of halogens is 2. The van der Waals surface area contributed by atoms with E-state index in [-0.39, 0.29) is 0 Å². The molecule has 0 aliphatic heterocycles. The van der Waals surface area contributed by atoms with Gasteiger partial charge in [-0.15, -0.1) is 11.3 Å². The Hall–Kier alpha value is -0.360. The fraction of sp³-hybridized carbons (Fsp3) is 0.231. The maximum Gasteiger partial charge on any atom is 0.122 e. The van der Waals surface area contributed by atoms with Gasteiger partial charge in [0, 0.05) is 9.35 Å². The second-order valence-electron chi connectivity index (χ2n) is 3.79. The highest BCUT2D eigenvalue weighted by Gasteiger charge is 2.03. The molecule has 0 amide bonds. The van der Waals surface area contributed by atoms with E-state index in [0.717, 1.165) is 20.4 Å². The molecular formula is C13H13Br2NOS. The van der Waals surface area contributed by atoms with Crippen molar-refractivity contribution in [3.8, 4) is 5.75 Å². The highest BCUT2D eigenvalue weighted by atomic mass is 79.9. The van der Waals surface area contributed by atoms with Crippen LogP contribution < -0.4 is 10.5 Å². The molecule has 5 heteroatoms. The summed E-state index contributed by atoms with van der Waals surface area (Å²) in [5.41, 5.74) is 6.76. The SMILES string of the molecule is NCCc1cc(OCc2ccc(Br)s2)ccc1Br. The van der Waals surface area contributed by atoms with E-state index in [1.54, 1.807) is 11.3 Å². The average Bonchev–Trinajstić information content (AvgIpc) is 2.76. The number of thiophene rings is 1. The van der Waals surface area contributed by atoms with E-state index >= 15 is 0 Å². The number of nitrogens with two attached hydrogens (primary N) is 1. The normalized spacial score (nSPS) is 10.6. The number of benzene rings is 1. The second-order valence-corrected chi connectivity index (χ2v) is 7.19. The monoisotopic (exact) mass is 389 g/mol. The van der Waals surface area contributed by atoms with E-state index in [1.165, 1.54) is 10.4 Å². The van der Waals surface area contributed by atoms with Crippen LogP contribution >= 0.6 is 43.2 Å². The van der Waals surface area contributed by atoms with Crippen LogP contribution in [0.2, 0.25) is 0 Å². The van der Waals surface area contributed by atoms with Gasteiger partial charge < -0.3 is 10.5 Å². The molecule has 0 unspecified atom stereocenters. The van der Waals surface area contributed by atoms with Crippen molar-refractivity contribution < 1.29 is 4.74 Å². The Labute approximate surface area is 127 Å². The first-order valence-electron chi connectivity index (χ1n) is 5.54. The molecule has 1 aromatic heterocycles. The van der Waals surface area contributed by atoms with Gasteiger partial charge in [-0.1, -0.05) is 15.9 Å². The van der Waals surface area contributed by atoms with Crippen molar-refractivity contribution in [3.05, 3.63) is 49.0 Å². The summed E-state index contributed by atoms with van der Waals surface area (Å²) in [5, 5.41) is 0. The molecule has 0 aliphatic carbocycles. The molecule has 0 spiro atoms. The molecular weight excluding hydrogens is 378 g/mol.